The number of carbonyl (C=O) groups is 4. The molecule has 16 heteroatoms. The molecule has 3 saturated heterocycles. The van der Waals surface area contributed by atoms with Crippen LogP contribution in [-0.4, -0.2) is 155 Å². The van der Waals surface area contributed by atoms with Crippen LogP contribution in [0.15, 0.2) is 48.9 Å². The Labute approximate surface area is 373 Å². The maximum atomic E-state index is 15.0. The van der Waals surface area contributed by atoms with Gasteiger partial charge >= 0.3 is 18.0 Å². The Bertz CT molecular complexity index is 1840. The van der Waals surface area contributed by atoms with Crippen LogP contribution >= 0.6 is 0 Å². The van der Waals surface area contributed by atoms with Crippen molar-refractivity contribution in [2.45, 2.75) is 148 Å². The van der Waals surface area contributed by atoms with Crippen molar-refractivity contribution in [3.05, 3.63) is 60.2 Å². The highest BCUT2D eigenvalue weighted by molar-refractivity contribution is 5.85. The number of fused-ring (bicyclic) bond motifs is 1. The lowest BCUT2D eigenvalue weighted by atomic mass is 9.73. The summed E-state index contributed by atoms with van der Waals surface area (Å²) in [6.45, 7) is 15.6. The lowest BCUT2D eigenvalue weighted by Gasteiger charge is -2.48. The number of methoxy groups -OCH3 is 1. The highest BCUT2D eigenvalue weighted by Gasteiger charge is 2.60. The van der Waals surface area contributed by atoms with E-state index in [4.69, 9.17) is 28.4 Å². The minimum absolute atomic E-state index is 0.119. The van der Waals surface area contributed by atoms with Crippen LogP contribution in [0.25, 0.3) is 0 Å². The van der Waals surface area contributed by atoms with Gasteiger partial charge in [-0.25, -0.2) is 4.79 Å². The zero-order valence-corrected chi connectivity index (χ0v) is 39.3. The summed E-state index contributed by atoms with van der Waals surface area (Å²) in [5.74, 6) is -4.85. The first-order chi connectivity index (χ1) is 29.7. The van der Waals surface area contributed by atoms with Gasteiger partial charge in [-0.15, -0.1) is 0 Å². The lowest BCUT2D eigenvalue weighted by Crippen LogP contribution is -2.61. The first kappa shape index (κ1) is 49.9. The second-order valence-electron chi connectivity index (χ2n) is 18.7. The number of cyclic esters (lactones) is 1. The van der Waals surface area contributed by atoms with Gasteiger partial charge in [-0.1, -0.05) is 39.8 Å². The molecule has 0 aromatic carbocycles. The predicted molar refractivity (Wildman–Crippen MR) is 233 cm³/mol. The van der Waals surface area contributed by atoms with Gasteiger partial charge in [-0.3, -0.25) is 29.3 Å². The summed E-state index contributed by atoms with van der Waals surface area (Å²) < 4.78 is 38.5. The van der Waals surface area contributed by atoms with Crippen molar-refractivity contribution in [2.24, 2.45) is 23.7 Å². The molecule has 1 amide bonds. The summed E-state index contributed by atoms with van der Waals surface area (Å²) in [6.07, 6.45) is -0.477. The molecule has 0 spiro atoms. The Morgan fingerprint density at radius 3 is 2.37 bits per heavy atom. The van der Waals surface area contributed by atoms with Gasteiger partial charge < -0.3 is 43.3 Å². The molecule has 0 unspecified atom stereocenters. The van der Waals surface area contributed by atoms with Crippen LogP contribution in [0, 0.1) is 23.7 Å². The molecule has 5 rings (SSSR count). The number of amides is 1. The van der Waals surface area contributed by atoms with E-state index in [1.807, 2.05) is 65.9 Å². The van der Waals surface area contributed by atoms with Gasteiger partial charge in [-0.2, -0.15) is 0 Å². The van der Waals surface area contributed by atoms with Crippen molar-refractivity contribution in [2.75, 3.05) is 41.3 Å². The lowest BCUT2D eigenvalue weighted by molar-refractivity contribution is -0.301. The third-order valence-corrected chi connectivity index (χ3v) is 13.6. The van der Waals surface area contributed by atoms with Crippen LogP contribution in [-0.2, 0) is 55.8 Å². The number of aliphatic hydroxyl groups excluding tert-OH is 1. The second-order valence-corrected chi connectivity index (χ2v) is 18.7. The molecule has 63 heavy (non-hydrogen) atoms. The zero-order chi connectivity index (χ0) is 46.4. The molecule has 2 aromatic heterocycles. The minimum Gasteiger partial charge on any atom is -0.461 e. The Kier molecular flexibility index (Phi) is 16.9. The molecule has 16 nitrogen and oxygen atoms in total. The third-order valence-electron chi connectivity index (χ3n) is 13.6. The fourth-order valence-corrected chi connectivity index (χ4v) is 10.1. The highest BCUT2D eigenvalue weighted by atomic mass is 16.7. The Hall–Kier alpha value is -4.06. The van der Waals surface area contributed by atoms with Crippen LogP contribution in [0.2, 0.25) is 0 Å². The number of Topliss-reactive ketones (excluding diaryl/α,β-unsaturated/α-hetero) is 1. The third kappa shape index (κ3) is 11.4. The molecule has 5 heterocycles. The average molecular weight is 882 g/mol. The smallest absolute Gasteiger partial charge is 0.410 e. The van der Waals surface area contributed by atoms with Gasteiger partial charge in [0.1, 0.15) is 24.1 Å². The van der Waals surface area contributed by atoms with Crippen LogP contribution in [0.5, 0.6) is 0 Å². The number of hydrogen-bond acceptors (Lipinski definition) is 15. The van der Waals surface area contributed by atoms with E-state index in [2.05, 4.69) is 14.9 Å². The van der Waals surface area contributed by atoms with E-state index in [1.165, 1.54) is 7.11 Å². The maximum absolute atomic E-state index is 15.0. The SMILES string of the molecule is CC[C@H]1OC(=O)[C@H](C)[C@@H](OC(=O)Cc2ccccn2)[C@H](C)[C@@H](O[C@@H]2O[C@H](C)C[C@H](N(C)C)[C@H]2O)[C@](C)(OC)C[C@@H](C)C(=O)[C@H](C)[C@@H]2N(CCN(C)Cc3cccnc3)C(=O)O[C@@]21C. The van der Waals surface area contributed by atoms with Gasteiger partial charge in [0.05, 0.1) is 41.9 Å². The molecule has 0 aliphatic carbocycles. The van der Waals surface area contributed by atoms with Crippen LogP contribution in [0.1, 0.15) is 85.9 Å². The minimum atomic E-state index is -1.44. The van der Waals surface area contributed by atoms with E-state index in [0.29, 0.717) is 25.2 Å². The average Bonchev–Trinajstić information content (AvgIpc) is 3.51. The number of rotatable bonds is 13. The number of esters is 2. The van der Waals surface area contributed by atoms with Crippen LogP contribution in [0.3, 0.4) is 0 Å². The van der Waals surface area contributed by atoms with E-state index in [1.54, 1.807) is 69.4 Å². The monoisotopic (exact) mass is 882 g/mol. The number of aliphatic hydroxyl groups is 1. The maximum Gasteiger partial charge on any atom is 0.410 e. The molecule has 350 valence electrons. The molecule has 0 bridgehead atoms. The molecule has 14 atom stereocenters. The van der Waals surface area contributed by atoms with Crippen molar-refractivity contribution >= 4 is 23.8 Å². The molecular weight excluding hydrogens is 811 g/mol. The number of nitrogens with zero attached hydrogens (tertiary/aromatic N) is 5. The van der Waals surface area contributed by atoms with E-state index in [9.17, 15) is 24.3 Å². The number of pyridine rings is 2. The molecule has 0 saturated carbocycles. The predicted octanol–water partition coefficient (Wildman–Crippen LogP) is 4.70. The quantitative estimate of drug-likeness (QED) is 0.216. The molecular formula is C47H71N5O11. The van der Waals surface area contributed by atoms with E-state index >= 15 is 0 Å². The molecule has 0 radical (unpaired) electrons. The summed E-state index contributed by atoms with van der Waals surface area (Å²) in [6, 6.07) is 7.94. The molecule has 3 aliphatic heterocycles. The second kappa shape index (κ2) is 21.3. The molecule has 3 fully saturated rings. The summed E-state index contributed by atoms with van der Waals surface area (Å²) in [5.41, 5.74) is -1.25. The molecule has 1 N–H and O–H groups in total. The number of aromatic nitrogens is 2. The van der Waals surface area contributed by atoms with Gasteiger partial charge in [0, 0.05) is 69.1 Å². The van der Waals surface area contributed by atoms with Crippen molar-refractivity contribution in [1.82, 2.24) is 24.7 Å². The largest absolute Gasteiger partial charge is 0.461 e. The standard InChI is InChI=1S/C47H71N5O11/c1-13-36-47(8)41(52(45(57)63-47)22-21-51(11)27-33-17-16-19-48-26-33)30(4)38(54)28(2)25-46(7,58-12)42(62-44-39(55)35(50(9)10)23-29(3)59-44)31(5)40(32(6)43(56)60-36)61-37(53)24-34-18-14-15-20-49-34/h14-20,26,28-32,35-36,39-42,44,55H,13,21-25,27H2,1-12H3/t28-,29-,30+,31+,32-,35+,36-,39-,40+,41+,42-,44+,46-,47-/m1/s1. The number of ketones is 1. The summed E-state index contributed by atoms with van der Waals surface area (Å²) in [4.78, 5) is 71.6. The number of hydrogen-bond donors (Lipinski definition) is 1. The zero-order valence-electron chi connectivity index (χ0n) is 39.3. The Morgan fingerprint density at radius 1 is 1.02 bits per heavy atom. The van der Waals surface area contributed by atoms with Crippen molar-refractivity contribution < 1.29 is 52.7 Å². The summed E-state index contributed by atoms with van der Waals surface area (Å²) >= 11 is 0. The summed E-state index contributed by atoms with van der Waals surface area (Å²) in [7, 11) is 7.22. The highest BCUT2D eigenvalue weighted by Crippen LogP contribution is 2.44. The first-order valence-electron chi connectivity index (χ1n) is 22.4. The van der Waals surface area contributed by atoms with E-state index in [-0.39, 0.29) is 43.7 Å². The Morgan fingerprint density at radius 2 is 1.75 bits per heavy atom. The van der Waals surface area contributed by atoms with E-state index in [0.717, 1.165) is 5.56 Å². The van der Waals surface area contributed by atoms with Crippen molar-refractivity contribution in [3.63, 3.8) is 0 Å². The number of ether oxygens (including phenoxy) is 6. The van der Waals surface area contributed by atoms with Crippen LogP contribution < -0.4 is 0 Å². The van der Waals surface area contributed by atoms with Gasteiger partial charge in [-0.05, 0) is 91.9 Å². The fourth-order valence-electron chi connectivity index (χ4n) is 10.1. The Balaban J connectivity index is 1.58. The van der Waals surface area contributed by atoms with Crippen LogP contribution in [0.4, 0.5) is 4.79 Å². The fraction of sp³-hybridized carbons (Fsp3) is 0.702. The number of likely N-dealkylation sites (N-methyl/N-ethyl adjacent to an activating group) is 2. The van der Waals surface area contributed by atoms with Gasteiger partial charge in [0.15, 0.2) is 11.9 Å². The molecule has 2 aromatic rings. The van der Waals surface area contributed by atoms with Gasteiger partial charge in [0.2, 0.25) is 0 Å². The molecule has 3 aliphatic rings. The van der Waals surface area contributed by atoms with Crippen molar-refractivity contribution in [3.8, 4) is 0 Å². The first-order valence-corrected chi connectivity index (χ1v) is 22.4. The van der Waals surface area contributed by atoms with Gasteiger partial charge in [0.25, 0.3) is 0 Å². The van der Waals surface area contributed by atoms with Crippen molar-refractivity contribution in [1.29, 1.82) is 0 Å². The topological polar surface area (TPSA) is 179 Å². The normalized spacial score (nSPS) is 35.8. The number of carbonyl (C=O) groups excluding carboxylic acids is 4. The summed E-state index contributed by atoms with van der Waals surface area (Å²) in [5, 5.41) is 11.7. The van der Waals surface area contributed by atoms with E-state index < -0.39 is 89.7 Å².